The van der Waals surface area contributed by atoms with Crippen LogP contribution >= 0.6 is 11.6 Å². The molecule has 0 aliphatic rings. The molecule has 0 unspecified atom stereocenters. The van der Waals surface area contributed by atoms with Crippen LogP contribution in [0.25, 0.3) is 0 Å². The van der Waals surface area contributed by atoms with Gasteiger partial charge in [-0.3, -0.25) is 0 Å². The summed E-state index contributed by atoms with van der Waals surface area (Å²) in [6.45, 7) is 0. The van der Waals surface area contributed by atoms with E-state index in [4.69, 9.17) is 16.9 Å². The number of nitriles is 1. The average molecular weight is 220 g/mol. The molecule has 1 nitrogen and oxygen atoms in total. The Morgan fingerprint density at radius 1 is 1.36 bits per heavy atom. The van der Waals surface area contributed by atoms with E-state index in [9.17, 15) is 13.2 Å². The summed E-state index contributed by atoms with van der Waals surface area (Å²) in [5.74, 6) is 0. The van der Waals surface area contributed by atoms with E-state index < -0.39 is 11.7 Å². The van der Waals surface area contributed by atoms with Gasteiger partial charge in [-0.15, -0.1) is 0 Å². The van der Waals surface area contributed by atoms with Gasteiger partial charge in [0.2, 0.25) is 0 Å². The molecule has 1 aromatic carbocycles. The molecule has 0 amide bonds. The van der Waals surface area contributed by atoms with Crippen molar-refractivity contribution in [3.8, 4) is 6.07 Å². The minimum Gasteiger partial charge on any atom is -0.198 e. The fraction of sp³-hybridized carbons (Fsp3) is 0.222. The lowest BCUT2D eigenvalue weighted by Gasteiger charge is -2.07. The van der Waals surface area contributed by atoms with Gasteiger partial charge in [0.1, 0.15) is 0 Å². The summed E-state index contributed by atoms with van der Waals surface area (Å²) >= 11 is 5.56. The van der Waals surface area contributed by atoms with Crippen molar-refractivity contribution in [2.45, 2.75) is 12.6 Å². The Hall–Kier alpha value is -1.21. The van der Waals surface area contributed by atoms with Crippen LogP contribution in [0.5, 0.6) is 0 Å². The van der Waals surface area contributed by atoms with Crippen molar-refractivity contribution in [2.75, 3.05) is 0 Å². The monoisotopic (exact) mass is 219 g/mol. The molecule has 0 saturated carbocycles. The number of benzene rings is 1. The van der Waals surface area contributed by atoms with Gasteiger partial charge in [0, 0.05) is 5.02 Å². The summed E-state index contributed by atoms with van der Waals surface area (Å²) in [4.78, 5) is 0. The maximum absolute atomic E-state index is 12.2. The molecule has 0 radical (unpaired) electrons. The van der Waals surface area contributed by atoms with Crippen LogP contribution in [0, 0.1) is 11.3 Å². The third kappa shape index (κ3) is 2.39. The predicted molar refractivity (Wildman–Crippen MR) is 45.8 cm³/mol. The molecule has 0 spiro atoms. The third-order valence-electron chi connectivity index (χ3n) is 1.65. The summed E-state index contributed by atoms with van der Waals surface area (Å²) in [5, 5.41) is 8.32. The van der Waals surface area contributed by atoms with Crippen LogP contribution in [-0.2, 0) is 12.6 Å². The molecule has 0 saturated heterocycles. The largest absolute Gasteiger partial charge is 0.416 e. The van der Waals surface area contributed by atoms with Gasteiger partial charge in [0.25, 0.3) is 0 Å². The van der Waals surface area contributed by atoms with Crippen molar-refractivity contribution in [1.29, 1.82) is 5.26 Å². The Labute approximate surface area is 83.7 Å². The van der Waals surface area contributed by atoms with Crippen LogP contribution in [0.4, 0.5) is 13.2 Å². The molecule has 74 valence electrons. The topological polar surface area (TPSA) is 23.8 Å². The second-order valence-electron chi connectivity index (χ2n) is 2.64. The summed E-state index contributed by atoms with van der Waals surface area (Å²) in [5.41, 5.74) is -0.397. The van der Waals surface area contributed by atoms with E-state index >= 15 is 0 Å². The Morgan fingerprint density at radius 3 is 2.43 bits per heavy atom. The number of nitrogens with zero attached hydrogens (tertiary/aromatic N) is 1. The molecular formula is C9H5ClF3N. The van der Waals surface area contributed by atoms with Gasteiger partial charge in [0.05, 0.1) is 18.1 Å². The van der Waals surface area contributed by atoms with Gasteiger partial charge < -0.3 is 0 Å². The van der Waals surface area contributed by atoms with Gasteiger partial charge >= 0.3 is 6.18 Å². The van der Waals surface area contributed by atoms with Gasteiger partial charge in [0.15, 0.2) is 0 Å². The van der Waals surface area contributed by atoms with Crippen LogP contribution in [0.3, 0.4) is 0 Å². The van der Waals surface area contributed by atoms with Crippen molar-refractivity contribution < 1.29 is 13.2 Å². The van der Waals surface area contributed by atoms with E-state index in [-0.39, 0.29) is 11.4 Å². The first kappa shape index (κ1) is 10.9. The quantitative estimate of drug-likeness (QED) is 0.710. The highest BCUT2D eigenvalue weighted by Gasteiger charge is 2.30. The van der Waals surface area contributed by atoms with E-state index in [1.54, 1.807) is 0 Å². The summed E-state index contributed by atoms with van der Waals surface area (Å²) in [6.07, 6.45) is -4.38. The molecular weight excluding hydrogens is 215 g/mol. The smallest absolute Gasteiger partial charge is 0.198 e. The van der Waals surface area contributed by atoms with E-state index in [1.807, 2.05) is 6.07 Å². The molecule has 0 aliphatic heterocycles. The molecule has 0 N–H and O–H groups in total. The zero-order valence-corrected chi connectivity index (χ0v) is 7.65. The standard InChI is InChI=1S/C9H5ClF3N/c10-8-5-7(9(11,12)13)2-1-6(8)3-4-14/h1-2,5H,3H2. The minimum absolute atomic E-state index is 0.0109. The molecule has 0 aromatic heterocycles. The first-order valence-electron chi connectivity index (χ1n) is 3.67. The van der Waals surface area contributed by atoms with Crippen LogP contribution < -0.4 is 0 Å². The molecule has 5 heteroatoms. The lowest BCUT2D eigenvalue weighted by atomic mass is 10.1. The van der Waals surface area contributed by atoms with Crippen molar-refractivity contribution in [3.63, 3.8) is 0 Å². The van der Waals surface area contributed by atoms with Gasteiger partial charge in [-0.05, 0) is 17.7 Å². The number of halogens is 4. The lowest BCUT2D eigenvalue weighted by molar-refractivity contribution is -0.137. The van der Waals surface area contributed by atoms with E-state index in [2.05, 4.69) is 0 Å². The second kappa shape index (κ2) is 3.89. The third-order valence-corrected chi connectivity index (χ3v) is 2.00. The van der Waals surface area contributed by atoms with Gasteiger partial charge in [-0.2, -0.15) is 18.4 Å². The van der Waals surface area contributed by atoms with E-state index in [1.165, 1.54) is 6.07 Å². The van der Waals surface area contributed by atoms with Crippen molar-refractivity contribution in [2.24, 2.45) is 0 Å². The molecule has 1 rings (SSSR count). The fourth-order valence-corrected chi connectivity index (χ4v) is 1.20. The number of hydrogen-bond acceptors (Lipinski definition) is 1. The van der Waals surface area contributed by atoms with E-state index in [0.29, 0.717) is 5.56 Å². The second-order valence-corrected chi connectivity index (χ2v) is 3.05. The first-order chi connectivity index (χ1) is 6.45. The molecule has 0 bridgehead atoms. The van der Waals surface area contributed by atoms with Crippen LogP contribution in [0.2, 0.25) is 5.02 Å². The van der Waals surface area contributed by atoms with Crippen molar-refractivity contribution >= 4 is 11.6 Å². The maximum Gasteiger partial charge on any atom is 0.416 e. The van der Waals surface area contributed by atoms with Crippen LogP contribution in [0.1, 0.15) is 11.1 Å². The zero-order chi connectivity index (χ0) is 10.8. The van der Waals surface area contributed by atoms with Crippen LogP contribution in [0.15, 0.2) is 18.2 Å². The van der Waals surface area contributed by atoms with Crippen molar-refractivity contribution in [1.82, 2.24) is 0 Å². The SMILES string of the molecule is N#CCc1ccc(C(F)(F)F)cc1Cl. The summed E-state index contributed by atoms with van der Waals surface area (Å²) < 4.78 is 36.5. The Balaban J connectivity index is 3.08. The fourth-order valence-electron chi connectivity index (χ4n) is 0.952. The predicted octanol–water partition coefficient (Wildman–Crippen LogP) is 3.42. The molecule has 0 fully saturated rings. The van der Waals surface area contributed by atoms with Crippen LogP contribution in [-0.4, -0.2) is 0 Å². The maximum atomic E-state index is 12.2. The zero-order valence-electron chi connectivity index (χ0n) is 6.90. The highest BCUT2D eigenvalue weighted by atomic mass is 35.5. The Bertz CT molecular complexity index is 379. The Morgan fingerprint density at radius 2 is 2.00 bits per heavy atom. The highest BCUT2D eigenvalue weighted by molar-refractivity contribution is 6.31. The average Bonchev–Trinajstić information content (AvgIpc) is 2.07. The normalized spacial score (nSPS) is 11.1. The van der Waals surface area contributed by atoms with Gasteiger partial charge in [-0.25, -0.2) is 0 Å². The minimum atomic E-state index is -4.39. The lowest BCUT2D eigenvalue weighted by Crippen LogP contribution is -2.04. The molecule has 0 atom stereocenters. The highest BCUT2D eigenvalue weighted by Crippen LogP contribution is 2.32. The number of hydrogen-bond donors (Lipinski definition) is 0. The molecule has 1 aromatic rings. The molecule has 14 heavy (non-hydrogen) atoms. The van der Waals surface area contributed by atoms with E-state index in [0.717, 1.165) is 12.1 Å². The van der Waals surface area contributed by atoms with Crippen molar-refractivity contribution in [3.05, 3.63) is 34.3 Å². The molecule has 0 aliphatic carbocycles. The number of alkyl halides is 3. The summed E-state index contributed by atoms with van der Waals surface area (Å²) in [7, 11) is 0. The van der Waals surface area contributed by atoms with Gasteiger partial charge in [-0.1, -0.05) is 17.7 Å². The first-order valence-corrected chi connectivity index (χ1v) is 4.05. The molecule has 0 heterocycles. The number of rotatable bonds is 1. The summed E-state index contributed by atoms with van der Waals surface area (Å²) in [6, 6.07) is 4.78. The Kier molecular flexibility index (Phi) is 3.02.